The molecule has 1 aliphatic rings. The van der Waals surface area contributed by atoms with Crippen LogP contribution in [0, 0.1) is 5.82 Å². The zero-order valence-electron chi connectivity index (χ0n) is 16.0. The normalized spacial score (nSPS) is 13.9. The van der Waals surface area contributed by atoms with Gasteiger partial charge in [-0.1, -0.05) is 6.07 Å². The molecule has 1 aromatic carbocycles. The van der Waals surface area contributed by atoms with Gasteiger partial charge in [0.05, 0.1) is 24.5 Å². The van der Waals surface area contributed by atoms with E-state index in [1.54, 1.807) is 29.3 Å². The van der Waals surface area contributed by atoms with Crippen LogP contribution in [0.1, 0.15) is 35.2 Å². The molecule has 0 unspecified atom stereocenters. The molecule has 0 bridgehead atoms. The number of anilines is 2. The number of nitrogens with zero attached hydrogens (tertiary/aromatic N) is 5. The van der Waals surface area contributed by atoms with Crippen LogP contribution in [0.3, 0.4) is 0 Å². The summed E-state index contributed by atoms with van der Waals surface area (Å²) in [6.45, 7) is 2.38. The topological polar surface area (TPSA) is 62.2 Å². The molecule has 7 heteroatoms. The van der Waals surface area contributed by atoms with Crippen molar-refractivity contribution in [2.75, 3.05) is 22.9 Å². The molecule has 1 fully saturated rings. The fraction of sp³-hybridized carbons (Fsp3) is 0.273. The lowest BCUT2D eigenvalue weighted by atomic mass is 10.1. The Bertz CT molecular complexity index is 941. The maximum atomic E-state index is 13.4. The average Bonchev–Trinajstić information content (AvgIpc) is 2.79. The summed E-state index contributed by atoms with van der Waals surface area (Å²) in [5.74, 6) is 0.386. The molecule has 1 saturated heterocycles. The Labute approximate surface area is 169 Å². The van der Waals surface area contributed by atoms with E-state index < -0.39 is 0 Å². The lowest BCUT2D eigenvalue weighted by Crippen LogP contribution is -2.31. The van der Waals surface area contributed by atoms with Gasteiger partial charge in [0.1, 0.15) is 11.6 Å². The highest BCUT2D eigenvalue weighted by Crippen LogP contribution is 2.22. The van der Waals surface area contributed by atoms with Gasteiger partial charge in [0.2, 0.25) is 0 Å². The summed E-state index contributed by atoms with van der Waals surface area (Å²) >= 11 is 0. The quantitative estimate of drug-likeness (QED) is 0.661. The van der Waals surface area contributed by atoms with E-state index in [-0.39, 0.29) is 11.7 Å². The number of benzene rings is 1. The van der Waals surface area contributed by atoms with Gasteiger partial charge in [-0.25, -0.2) is 9.37 Å². The second-order valence-corrected chi connectivity index (χ2v) is 7.07. The highest BCUT2D eigenvalue weighted by atomic mass is 19.1. The summed E-state index contributed by atoms with van der Waals surface area (Å²) in [6.07, 6.45) is 8.36. The highest BCUT2D eigenvalue weighted by molar-refractivity contribution is 6.05. The van der Waals surface area contributed by atoms with Crippen LogP contribution in [0.4, 0.5) is 15.9 Å². The number of piperidine rings is 1. The van der Waals surface area contributed by atoms with Crippen molar-refractivity contribution in [3.63, 3.8) is 0 Å². The van der Waals surface area contributed by atoms with E-state index in [9.17, 15) is 9.18 Å². The Balaban J connectivity index is 1.58. The van der Waals surface area contributed by atoms with E-state index in [0.717, 1.165) is 24.5 Å². The number of hydrogen-bond donors (Lipinski definition) is 0. The summed E-state index contributed by atoms with van der Waals surface area (Å²) in [6, 6.07) is 11.5. The fourth-order valence-corrected chi connectivity index (χ4v) is 3.48. The van der Waals surface area contributed by atoms with E-state index in [0.29, 0.717) is 17.8 Å². The van der Waals surface area contributed by atoms with Crippen molar-refractivity contribution in [1.82, 2.24) is 15.2 Å². The number of carbonyl (C=O) groups is 1. The number of rotatable bonds is 5. The largest absolute Gasteiger partial charge is 0.357 e. The van der Waals surface area contributed by atoms with Crippen LogP contribution < -0.4 is 9.80 Å². The molecule has 3 aromatic rings. The van der Waals surface area contributed by atoms with E-state index in [2.05, 4.69) is 20.1 Å². The first-order valence-corrected chi connectivity index (χ1v) is 9.75. The zero-order valence-corrected chi connectivity index (χ0v) is 16.0. The smallest absolute Gasteiger partial charge is 0.260 e. The van der Waals surface area contributed by atoms with Gasteiger partial charge in [-0.05, 0) is 61.2 Å². The first-order valence-electron chi connectivity index (χ1n) is 9.75. The molecule has 1 amide bonds. The molecule has 0 aliphatic carbocycles. The van der Waals surface area contributed by atoms with Crippen molar-refractivity contribution < 1.29 is 9.18 Å². The molecule has 0 atom stereocenters. The first-order chi connectivity index (χ1) is 14.2. The molecular weight excluding hydrogens is 369 g/mol. The Morgan fingerprint density at radius 2 is 1.76 bits per heavy atom. The first kappa shape index (κ1) is 19.0. The number of carbonyl (C=O) groups excluding carboxylic acids is 1. The maximum Gasteiger partial charge on any atom is 0.260 e. The zero-order chi connectivity index (χ0) is 20.1. The predicted octanol–water partition coefficient (Wildman–Crippen LogP) is 3.85. The number of pyridine rings is 1. The summed E-state index contributed by atoms with van der Waals surface area (Å²) < 4.78 is 13.4. The highest BCUT2D eigenvalue weighted by Gasteiger charge is 2.19. The van der Waals surface area contributed by atoms with Crippen molar-refractivity contribution >= 4 is 17.4 Å². The van der Waals surface area contributed by atoms with Gasteiger partial charge in [0, 0.05) is 25.0 Å². The average molecular weight is 391 g/mol. The molecule has 4 rings (SSSR count). The lowest BCUT2D eigenvalue weighted by molar-refractivity contribution is 0.0984. The van der Waals surface area contributed by atoms with Crippen LogP contribution in [0.2, 0.25) is 0 Å². The van der Waals surface area contributed by atoms with Gasteiger partial charge in [0.15, 0.2) is 0 Å². The Kier molecular flexibility index (Phi) is 5.74. The maximum absolute atomic E-state index is 13.4. The number of halogens is 1. The lowest BCUT2D eigenvalue weighted by Gasteiger charge is -2.28. The van der Waals surface area contributed by atoms with Gasteiger partial charge in [-0.2, -0.15) is 10.2 Å². The Morgan fingerprint density at radius 1 is 0.966 bits per heavy atom. The third kappa shape index (κ3) is 4.56. The van der Waals surface area contributed by atoms with Crippen molar-refractivity contribution in [2.45, 2.75) is 25.8 Å². The van der Waals surface area contributed by atoms with Crippen LogP contribution in [-0.4, -0.2) is 34.2 Å². The van der Waals surface area contributed by atoms with E-state index in [4.69, 9.17) is 0 Å². The van der Waals surface area contributed by atoms with E-state index in [1.807, 2.05) is 12.1 Å². The molecule has 1 aliphatic heterocycles. The second-order valence-electron chi connectivity index (χ2n) is 7.07. The Hall–Kier alpha value is -3.35. The predicted molar refractivity (Wildman–Crippen MR) is 109 cm³/mol. The molecule has 148 valence electrons. The number of aromatic nitrogens is 3. The molecule has 6 nitrogen and oxygen atoms in total. The van der Waals surface area contributed by atoms with Crippen LogP contribution >= 0.6 is 0 Å². The molecular formula is C22H22FN5O. The summed E-state index contributed by atoms with van der Waals surface area (Å²) in [7, 11) is 0. The molecule has 0 N–H and O–H groups in total. The van der Waals surface area contributed by atoms with Gasteiger partial charge in [-0.3, -0.25) is 4.79 Å². The molecule has 0 spiro atoms. The molecule has 29 heavy (non-hydrogen) atoms. The minimum atomic E-state index is -0.348. The second kappa shape index (κ2) is 8.77. The van der Waals surface area contributed by atoms with Gasteiger partial charge in [0.25, 0.3) is 5.91 Å². The standard InChI is InChI=1S/C22H22FN5O/c23-19-5-7-20(8-6-19)28(22(29)18-10-11-25-26-15-18)16-17-4-9-21(24-14-17)27-12-2-1-3-13-27/h4-11,14-15H,1-3,12-13,16H2. The molecule has 0 saturated carbocycles. The van der Waals surface area contributed by atoms with Crippen LogP contribution in [0.15, 0.2) is 61.1 Å². The monoisotopic (exact) mass is 391 g/mol. The van der Waals surface area contributed by atoms with Crippen molar-refractivity contribution in [3.05, 3.63) is 78.0 Å². The number of hydrogen-bond acceptors (Lipinski definition) is 5. The minimum absolute atomic E-state index is 0.230. The van der Waals surface area contributed by atoms with Crippen LogP contribution in [0.5, 0.6) is 0 Å². The SMILES string of the molecule is O=C(c1ccnnc1)N(Cc1ccc(N2CCCCC2)nc1)c1ccc(F)cc1. The van der Waals surface area contributed by atoms with Gasteiger partial charge in [-0.15, -0.1) is 0 Å². The van der Waals surface area contributed by atoms with Crippen molar-refractivity contribution in [1.29, 1.82) is 0 Å². The number of amides is 1. The van der Waals surface area contributed by atoms with Gasteiger partial charge >= 0.3 is 0 Å². The molecule has 3 heterocycles. The molecule has 0 radical (unpaired) electrons. The van der Waals surface area contributed by atoms with Crippen molar-refractivity contribution in [3.8, 4) is 0 Å². The minimum Gasteiger partial charge on any atom is -0.357 e. The van der Waals surface area contributed by atoms with Crippen LogP contribution in [0.25, 0.3) is 0 Å². The fourth-order valence-electron chi connectivity index (χ4n) is 3.48. The Morgan fingerprint density at radius 3 is 2.41 bits per heavy atom. The van der Waals surface area contributed by atoms with E-state index >= 15 is 0 Å². The summed E-state index contributed by atoms with van der Waals surface area (Å²) in [5.41, 5.74) is 1.92. The van der Waals surface area contributed by atoms with Gasteiger partial charge < -0.3 is 9.80 Å². The summed E-state index contributed by atoms with van der Waals surface area (Å²) in [4.78, 5) is 21.6. The molecule has 2 aromatic heterocycles. The van der Waals surface area contributed by atoms with E-state index in [1.165, 1.54) is 43.8 Å². The summed E-state index contributed by atoms with van der Waals surface area (Å²) in [5, 5.41) is 7.52. The third-order valence-electron chi connectivity index (χ3n) is 5.04. The third-order valence-corrected chi connectivity index (χ3v) is 5.04. The van der Waals surface area contributed by atoms with Crippen LogP contribution in [-0.2, 0) is 6.54 Å². The van der Waals surface area contributed by atoms with Crippen molar-refractivity contribution in [2.24, 2.45) is 0 Å².